The summed E-state index contributed by atoms with van der Waals surface area (Å²) in [5, 5.41) is 3.32. The van der Waals surface area contributed by atoms with E-state index in [-0.39, 0.29) is 36.1 Å². The highest BCUT2D eigenvalue weighted by Crippen LogP contribution is 2.38. The quantitative estimate of drug-likeness (QED) is 0.828. The summed E-state index contributed by atoms with van der Waals surface area (Å²) in [7, 11) is 0. The summed E-state index contributed by atoms with van der Waals surface area (Å²) in [6.07, 6.45) is 9.19. The Hall–Kier alpha value is -0.0300. The van der Waals surface area contributed by atoms with E-state index in [2.05, 4.69) is 10.2 Å². The predicted molar refractivity (Wildman–Crippen MR) is 90.2 cm³/mol. The number of fused-ring (bicyclic) bond motifs is 1. The molecule has 1 amide bonds. The van der Waals surface area contributed by atoms with Crippen molar-refractivity contribution in [3.8, 4) is 0 Å². The molecule has 0 aromatic carbocycles. The largest absolute Gasteiger partial charge is 0.353 e. The highest BCUT2D eigenvalue weighted by molar-refractivity contribution is 5.85. The average Bonchev–Trinajstić information content (AvgIpc) is 3.07. The van der Waals surface area contributed by atoms with E-state index in [1.54, 1.807) is 0 Å². The van der Waals surface area contributed by atoms with Crippen molar-refractivity contribution < 1.29 is 4.79 Å². The summed E-state index contributed by atoms with van der Waals surface area (Å²) in [6.45, 7) is 2.93. The van der Waals surface area contributed by atoms with Gasteiger partial charge in [0.1, 0.15) is 0 Å². The second kappa shape index (κ2) is 8.00. The molecule has 3 rings (SSSR count). The maximum atomic E-state index is 12.6. The smallest absolute Gasteiger partial charge is 0.227 e. The number of hydrogen-bond donors (Lipinski definition) is 2. The van der Waals surface area contributed by atoms with Crippen LogP contribution in [0.1, 0.15) is 51.4 Å². The summed E-state index contributed by atoms with van der Waals surface area (Å²) in [6, 6.07) is 1.10. The number of rotatable bonds is 3. The van der Waals surface area contributed by atoms with Gasteiger partial charge in [0.05, 0.1) is 5.41 Å². The van der Waals surface area contributed by atoms with Gasteiger partial charge in [-0.15, -0.1) is 24.8 Å². The van der Waals surface area contributed by atoms with Gasteiger partial charge in [0.15, 0.2) is 0 Å². The van der Waals surface area contributed by atoms with Crippen LogP contribution < -0.4 is 11.1 Å². The number of carbonyl (C=O) groups is 1. The Labute approximate surface area is 140 Å². The van der Waals surface area contributed by atoms with Gasteiger partial charge < -0.3 is 16.0 Å². The highest BCUT2D eigenvalue weighted by atomic mass is 35.5. The maximum absolute atomic E-state index is 12.6. The van der Waals surface area contributed by atoms with Crippen LogP contribution in [-0.4, -0.2) is 42.5 Å². The lowest BCUT2D eigenvalue weighted by molar-refractivity contribution is -0.131. The number of halogens is 2. The van der Waals surface area contributed by atoms with Crippen LogP contribution in [0, 0.1) is 5.41 Å². The van der Waals surface area contributed by atoms with Crippen molar-refractivity contribution in [2.45, 2.75) is 63.5 Å². The summed E-state index contributed by atoms with van der Waals surface area (Å²) >= 11 is 0. The number of carbonyl (C=O) groups excluding carboxylic acids is 1. The monoisotopic (exact) mass is 337 g/mol. The first-order valence-electron chi connectivity index (χ1n) is 7.99. The highest BCUT2D eigenvalue weighted by Gasteiger charge is 2.41. The Morgan fingerprint density at radius 1 is 1.14 bits per heavy atom. The Bertz CT molecular complexity index is 348. The minimum Gasteiger partial charge on any atom is -0.353 e. The third-order valence-electron chi connectivity index (χ3n) is 5.59. The zero-order chi connectivity index (χ0) is 13.3. The normalized spacial score (nSPS) is 30.9. The maximum Gasteiger partial charge on any atom is 0.227 e. The van der Waals surface area contributed by atoms with Gasteiger partial charge in [-0.3, -0.25) is 4.79 Å². The van der Waals surface area contributed by atoms with Gasteiger partial charge in [0.2, 0.25) is 5.91 Å². The van der Waals surface area contributed by atoms with E-state index in [4.69, 9.17) is 5.73 Å². The van der Waals surface area contributed by atoms with Crippen molar-refractivity contribution in [2.75, 3.05) is 19.6 Å². The van der Waals surface area contributed by atoms with E-state index < -0.39 is 0 Å². The molecule has 4 nitrogen and oxygen atoms in total. The third kappa shape index (κ3) is 3.84. The summed E-state index contributed by atoms with van der Waals surface area (Å²) < 4.78 is 0. The van der Waals surface area contributed by atoms with Crippen molar-refractivity contribution in [1.29, 1.82) is 0 Å². The molecule has 2 unspecified atom stereocenters. The lowest BCUT2D eigenvalue weighted by atomic mass is 9.84. The van der Waals surface area contributed by atoms with E-state index in [0.717, 1.165) is 51.1 Å². The molecule has 2 aliphatic heterocycles. The fourth-order valence-corrected chi connectivity index (χ4v) is 4.27. The van der Waals surface area contributed by atoms with Crippen LogP contribution in [-0.2, 0) is 4.79 Å². The fourth-order valence-electron chi connectivity index (χ4n) is 4.27. The van der Waals surface area contributed by atoms with Crippen molar-refractivity contribution in [3.63, 3.8) is 0 Å². The SMILES string of the molecule is Cl.Cl.NCC1(C(=O)NC2CCN3CCCC3C2)CCCC1. The molecule has 0 bridgehead atoms. The van der Waals surface area contributed by atoms with E-state index in [1.807, 2.05) is 0 Å². The molecule has 2 atom stereocenters. The lowest BCUT2D eigenvalue weighted by Crippen LogP contribution is -2.52. The fraction of sp³-hybridized carbons (Fsp3) is 0.933. The number of nitrogens with zero attached hydrogens (tertiary/aromatic N) is 1. The van der Waals surface area contributed by atoms with Crippen LogP contribution in [0.3, 0.4) is 0 Å². The molecule has 2 saturated heterocycles. The molecule has 0 aromatic rings. The van der Waals surface area contributed by atoms with Gasteiger partial charge >= 0.3 is 0 Å². The Morgan fingerprint density at radius 2 is 1.86 bits per heavy atom. The summed E-state index contributed by atoms with van der Waals surface area (Å²) in [5.41, 5.74) is 5.65. The number of amides is 1. The van der Waals surface area contributed by atoms with Crippen LogP contribution in [0.25, 0.3) is 0 Å². The minimum atomic E-state index is -0.243. The number of piperidine rings is 1. The van der Waals surface area contributed by atoms with Crippen molar-refractivity contribution >= 4 is 30.7 Å². The van der Waals surface area contributed by atoms with Crippen LogP contribution in [0.2, 0.25) is 0 Å². The van der Waals surface area contributed by atoms with Gasteiger partial charge in [0, 0.05) is 25.2 Å². The molecule has 0 radical (unpaired) electrons. The van der Waals surface area contributed by atoms with E-state index in [0.29, 0.717) is 12.6 Å². The van der Waals surface area contributed by atoms with Crippen LogP contribution in [0.5, 0.6) is 0 Å². The molecule has 1 saturated carbocycles. The van der Waals surface area contributed by atoms with E-state index in [9.17, 15) is 4.79 Å². The second-order valence-electron chi connectivity index (χ2n) is 6.72. The number of nitrogens with two attached hydrogens (primary N) is 1. The number of hydrogen-bond acceptors (Lipinski definition) is 3. The van der Waals surface area contributed by atoms with Crippen molar-refractivity contribution in [2.24, 2.45) is 11.1 Å². The second-order valence-corrected chi connectivity index (χ2v) is 6.72. The Morgan fingerprint density at radius 3 is 2.52 bits per heavy atom. The Kier molecular flexibility index (Phi) is 7.25. The topological polar surface area (TPSA) is 58.4 Å². The predicted octanol–water partition coefficient (Wildman–Crippen LogP) is 2.09. The summed E-state index contributed by atoms with van der Waals surface area (Å²) in [4.78, 5) is 15.1. The molecule has 124 valence electrons. The van der Waals surface area contributed by atoms with E-state index >= 15 is 0 Å². The molecule has 2 heterocycles. The molecule has 3 aliphatic rings. The molecule has 21 heavy (non-hydrogen) atoms. The van der Waals surface area contributed by atoms with Gasteiger partial charge in [-0.2, -0.15) is 0 Å². The first-order chi connectivity index (χ1) is 9.23. The molecule has 0 spiro atoms. The molecule has 6 heteroatoms. The molecule has 3 N–H and O–H groups in total. The molecular formula is C15H29Cl2N3O. The average molecular weight is 338 g/mol. The van der Waals surface area contributed by atoms with Crippen LogP contribution >= 0.6 is 24.8 Å². The zero-order valence-electron chi connectivity index (χ0n) is 12.7. The molecule has 0 aromatic heterocycles. The van der Waals surface area contributed by atoms with Crippen LogP contribution in [0.15, 0.2) is 0 Å². The first kappa shape index (κ1) is 19.0. The van der Waals surface area contributed by atoms with Crippen molar-refractivity contribution in [1.82, 2.24) is 10.2 Å². The van der Waals surface area contributed by atoms with Gasteiger partial charge in [-0.05, 0) is 45.1 Å². The minimum absolute atomic E-state index is 0. The number of nitrogens with one attached hydrogen (secondary N) is 1. The van der Waals surface area contributed by atoms with E-state index in [1.165, 1.54) is 19.4 Å². The van der Waals surface area contributed by atoms with Crippen molar-refractivity contribution in [3.05, 3.63) is 0 Å². The van der Waals surface area contributed by atoms with Gasteiger partial charge in [0.25, 0.3) is 0 Å². The summed E-state index contributed by atoms with van der Waals surface area (Å²) in [5.74, 6) is 0.240. The van der Waals surface area contributed by atoms with Gasteiger partial charge in [-0.1, -0.05) is 12.8 Å². The zero-order valence-corrected chi connectivity index (χ0v) is 14.3. The molecule has 1 aliphatic carbocycles. The Balaban J connectivity index is 0.00000110. The standard InChI is InChI=1S/C15H27N3O.2ClH/c16-11-15(6-1-2-7-15)14(19)17-12-5-9-18-8-3-4-13(18)10-12;;/h12-13H,1-11,16H2,(H,17,19);2*1H. The van der Waals surface area contributed by atoms with Crippen LogP contribution in [0.4, 0.5) is 0 Å². The third-order valence-corrected chi connectivity index (χ3v) is 5.59. The first-order valence-corrected chi connectivity index (χ1v) is 7.99. The molecular weight excluding hydrogens is 309 g/mol. The van der Waals surface area contributed by atoms with Gasteiger partial charge in [-0.25, -0.2) is 0 Å². The molecule has 3 fully saturated rings. The lowest BCUT2D eigenvalue weighted by Gasteiger charge is -2.37.